The summed E-state index contributed by atoms with van der Waals surface area (Å²) in [6.07, 6.45) is 11.9. The molecule has 2 heterocycles. The molecule has 0 atom stereocenters. The van der Waals surface area contributed by atoms with Crippen molar-refractivity contribution in [3.63, 3.8) is 0 Å². The van der Waals surface area contributed by atoms with Crippen LogP contribution in [-0.2, 0) is 35.3 Å². The van der Waals surface area contributed by atoms with Gasteiger partial charge in [0.05, 0.1) is 22.6 Å². The van der Waals surface area contributed by atoms with Crippen molar-refractivity contribution in [3.05, 3.63) is 185 Å². The first-order valence-electron chi connectivity index (χ1n) is 23.8. The van der Waals surface area contributed by atoms with E-state index in [9.17, 15) is 22.6 Å². The molecule has 69 heavy (non-hydrogen) atoms. The summed E-state index contributed by atoms with van der Waals surface area (Å²) in [5.41, 5.74) is 12.5. The smallest absolute Gasteiger partial charge is 0.302 e. The molecule has 0 aromatic heterocycles. The summed E-state index contributed by atoms with van der Waals surface area (Å²) < 4.78 is 42.2. The second-order valence-electron chi connectivity index (χ2n) is 19.5. The second kappa shape index (κ2) is 18.6. The summed E-state index contributed by atoms with van der Waals surface area (Å²) in [5.74, 6) is -0.164. The van der Waals surface area contributed by atoms with Crippen LogP contribution in [0.1, 0.15) is 83.9 Å². The van der Waals surface area contributed by atoms with Gasteiger partial charge in [0, 0.05) is 65.6 Å². The minimum Gasteiger partial charge on any atom is -0.464 e. The molecule has 0 fully saturated rings. The number of carbonyl (C=O) groups excluding carboxylic acids is 2. The zero-order chi connectivity index (χ0) is 48.8. The average molecular weight is 939 g/mol. The molecule has 0 radical (unpaired) electrons. The lowest BCUT2D eigenvalue weighted by Crippen LogP contribution is -2.29. The van der Waals surface area contributed by atoms with Crippen LogP contribution in [0.25, 0.3) is 21.5 Å². The Morgan fingerprint density at radius 1 is 0.768 bits per heavy atom. The number of ether oxygens (including phenoxy) is 1. The molecule has 9 rings (SSSR count). The molecule has 6 aromatic rings. The van der Waals surface area contributed by atoms with Gasteiger partial charge in [-0.15, -0.1) is 0 Å². The number of aryl methyl sites for hydroxylation is 1. The quantitative estimate of drug-likeness (QED) is 0.0654. The minimum atomic E-state index is -4.41. The lowest BCUT2D eigenvalue weighted by molar-refractivity contribution is -0.438. The lowest BCUT2D eigenvalue weighted by Gasteiger charge is -2.29. The maximum Gasteiger partial charge on any atom is 0.302 e. The molecule has 1 N–H and O–H groups in total. The van der Waals surface area contributed by atoms with Crippen molar-refractivity contribution < 1.29 is 31.9 Å². The van der Waals surface area contributed by atoms with Crippen LogP contribution in [0.2, 0.25) is 0 Å². The molecule has 0 bridgehead atoms. The Morgan fingerprint density at radius 2 is 1.42 bits per heavy atom. The number of ketones is 1. The van der Waals surface area contributed by atoms with Crippen molar-refractivity contribution >= 4 is 71.9 Å². The molecule has 2 aliphatic heterocycles. The first-order valence-corrected chi connectivity index (χ1v) is 25.3. The SMILES string of the molecule is CC(=O)CCC[N+]1=C(/C=C/C2=C(N(c3ccccc3)c3ccccc3)C(=C/C=C3/N(CCOC(C)=O)c4ccc5cc(S(=O)(=O)O)ccc5c4C3(C)C)/CC2)C(C)(C)c2c1ccc1cc(C)ccc21. The number of fused-ring (bicyclic) bond motifs is 6. The van der Waals surface area contributed by atoms with Crippen LogP contribution in [0.5, 0.6) is 0 Å². The van der Waals surface area contributed by atoms with E-state index in [1.165, 1.54) is 57.9 Å². The van der Waals surface area contributed by atoms with E-state index >= 15 is 0 Å². The van der Waals surface area contributed by atoms with E-state index in [2.05, 4.69) is 152 Å². The normalized spacial score (nSPS) is 17.5. The van der Waals surface area contributed by atoms with Crippen LogP contribution in [-0.4, -0.2) is 54.7 Å². The molecule has 6 aromatic carbocycles. The Balaban J connectivity index is 1.22. The third-order valence-electron chi connectivity index (χ3n) is 14.1. The molecule has 3 aliphatic rings. The molecule has 0 saturated carbocycles. The van der Waals surface area contributed by atoms with Gasteiger partial charge >= 0.3 is 5.97 Å². The van der Waals surface area contributed by atoms with Gasteiger partial charge in [0.25, 0.3) is 10.1 Å². The number of benzene rings is 6. The zero-order valence-electron chi connectivity index (χ0n) is 40.5. The maximum absolute atomic E-state index is 12.2. The van der Waals surface area contributed by atoms with Gasteiger partial charge in [-0.3, -0.25) is 9.35 Å². The van der Waals surface area contributed by atoms with Gasteiger partial charge in [-0.05, 0) is 133 Å². The molecule has 0 saturated heterocycles. The highest BCUT2D eigenvalue weighted by molar-refractivity contribution is 7.85. The molecular weight excluding hydrogens is 879 g/mol. The number of anilines is 3. The van der Waals surface area contributed by atoms with E-state index in [0.29, 0.717) is 18.4 Å². The standard InChI is InChI=1S/C59H59N3O6S/c1-39-20-28-49-44(37-39)23-30-51-55(49)58(4,5)53(60(51)34-14-15-40(2)63)32-25-42-21-22-43(57(42)62(46-16-10-8-11-17-46)47-18-12-9-13-19-47)26-33-54-59(6,7)56-50-29-27-48(69(65,66)67)38-45(50)24-31-52(56)61(54)35-36-68-41(3)64/h8-13,16-20,23-33,37-38H,14-15,21-22,34-36H2,1-7H3/p+1. The van der Waals surface area contributed by atoms with Gasteiger partial charge in [-0.1, -0.05) is 98.3 Å². The Labute approximate surface area is 406 Å². The van der Waals surface area contributed by atoms with Crippen molar-refractivity contribution in [3.8, 4) is 0 Å². The molecular formula is C59H60N3O6S+. The van der Waals surface area contributed by atoms with Gasteiger partial charge in [0.15, 0.2) is 5.71 Å². The van der Waals surface area contributed by atoms with Crippen molar-refractivity contribution in [2.75, 3.05) is 29.5 Å². The number of nitrogens with zero attached hydrogens (tertiary/aromatic N) is 3. The van der Waals surface area contributed by atoms with Crippen molar-refractivity contribution in [1.29, 1.82) is 0 Å². The fourth-order valence-electron chi connectivity index (χ4n) is 10.9. The number of hydrogen-bond donors (Lipinski definition) is 1. The number of hydrogen-bond acceptors (Lipinski definition) is 7. The van der Waals surface area contributed by atoms with E-state index in [4.69, 9.17) is 4.74 Å². The maximum atomic E-state index is 12.2. The van der Waals surface area contributed by atoms with E-state index in [-0.39, 0.29) is 28.7 Å². The fraction of sp³-hybridized carbons (Fsp3) is 0.271. The summed E-state index contributed by atoms with van der Waals surface area (Å²) in [4.78, 5) is 28.7. The number of allylic oxidation sites excluding steroid dienone is 7. The van der Waals surface area contributed by atoms with Crippen molar-refractivity contribution in [2.24, 2.45) is 0 Å². The molecule has 0 unspecified atom stereocenters. The second-order valence-corrected chi connectivity index (χ2v) is 21.0. The zero-order valence-corrected chi connectivity index (χ0v) is 41.4. The summed E-state index contributed by atoms with van der Waals surface area (Å²) in [7, 11) is -4.41. The Kier molecular flexibility index (Phi) is 12.7. The van der Waals surface area contributed by atoms with Gasteiger partial charge in [0.1, 0.15) is 18.9 Å². The number of carbonyl (C=O) groups is 2. The fourth-order valence-corrected chi connectivity index (χ4v) is 11.5. The Bertz CT molecular complexity index is 3290. The van der Waals surface area contributed by atoms with E-state index in [1.807, 2.05) is 24.3 Å². The Morgan fingerprint density at radius 3 is 2.09 bits per heavy atom. The van der Waals surface area contributed by atoms with Crippen LogP contribution >= 0.6 is 0 Å². The number of rotatable bonds is 14. The molecule has 0 amide bonds. The van der Waals surface area contributed by atoms with Gasteiger partial charge < -0.3 is 19.3 Å². The van der Waals surface area contributed by atoms with Crippen LogP contribution in [0, 0.1) is 6.92 Å². The summed E-state index contributed by atoms with van der Waals surface area (Å²) in [6.45, 7) is 15.5. The van der Waals surface area contributed by atoms with E-state index in [0.717, 1.165) is 70.8 Å². The highest BCUT2D eigenvalue weighted by Crippen LogP contribution is 2.52. The van der Waals surface area contributed by atoms with Crippen LogP contribution in [0.15, 0.2) is 173 Å². The summed E-state index contributed by atoms with van der Waals surface area (Å²) >= 11 is 0. The third-order valence-corrected chi connectivity index (χ3v) is 14.9. The number of esters is 1. The van der Waals surface area contributed by atoms with E-state index < -0.39 is 15.5 Å². The predicted molar refractivity (Wildman–Crippen MR) is 279 cm³/mol. The first-order chi connectivity index (χ1) is 32.9. The first kappa shape index (κ1) is 47.2. The van der Waals surface area contributed by atoms with Crippen molar-refractivity contribution in [1.82, 2.24) is 0 Å². The number of para-hydroxylation sites is 2. The molecule has 0 spiro atoms. The molecule has 1 aliphatic carbocycles. The monoisotopic (exact) mass is 938 g/mol. The molecule has 10 heteroatoms. The van der Waals surface area contributed by atoms with Gasteiger partial charge in [0.2, 0.25) is 5.69 Å². The summed E-state index contributed by atoms with van der Waals surface area (Å²) in [6, 6.07) is 40.8. The van der Waals surface area contributed by atoms with Crippen LogP contribution in [0.3, 0.4) is 0 Å². The van der Waals surface area contributed by atoms with Gasteiger partial charge in [-0.25, -0.2) is 0 Å². The van der Waals surface area contributed by atoms with Gasteiger partial charge in [-0.2, -0.15) is 13.0 Å². The van der Waals surface area contributed by atoms with E-state index in [1.54, 1.807) is 13.0 Å². The van der Waals surface area contributed by atoms with Crippen LogP contribution in [0.4, 0.5) is 22.7 Å². The highest BCUT2D eigenvalue weighted by atomic mass is 32.2. The average Bonchev–Trinajstić information content (AvgIpc) is 3.88. The lowest BCUT2D eigenvalue weighted by atomic mass is 9.78. The largest absolute Gasteiger partial charge is 0.464 e. The summed E-state index contributed by atoms with van der Waals surface area (Å²) in [5, 5.41) is 4.04. The molecule has 352 valence electrons. The topological polar surface area (TPSA) is 107 Å². The van der Waals surface area contributed by atoms with Crippen LogP contribution < -0.4 is 9.80 Å². The predicted octanol–water partition coefficient (Wildman–Crippen LogP) is 12.9. The highest BCUT2D eigenvalue weighted by Gasteiger charge is 2.46. The van der Waals surface area contributed by atoms with Crippen molar-refractivity contribution in [2.45, 2.75) is 89.9 Å². The number of Topliss-reactive ketones (excluding diaryl/α,β-unsaturated/α-hetero) is 1. The molecule has 9 nitrogen and oxygen atoms in total. The minimum absolute atomic E-state index is 0.159. The third kappa shape index (κ3) is 8.99. The Hall–Kier alpha value is -6.88.